The Morgan fingerprint density at radius 3 is 2.00 bits per heavy atom. The Hall–Kier alpha value is -4.16. The van der Waals surface area contributed by atoms with Crippen LogP contribution in [0.5, 0.6) is 17.2 Å². The highest BCUT2D eigenvalue weighted by molar-refractivity contribution is 7.92. The number of hydrogen-bond donors (Lipinski definition) is 1. The highest BCUT2D eigenvalue weighted by Gasteiger charge is 2.37. The first-order valence-corrected chi connectivity index (χ1v) is 18.3. The van der Waals surface area contributed by atoms with Gasteiger partial charge in [-0.15, -0.1) is 0 Å². The van der Waals surface area contributed by atoms with Crippen LogP contribution in [0.25, 0.3) is 0 Å². The summed E-state index contributed by atoms with van der Waals surface area (Å²) in [5.41, 5.74) is 0.607. The van der Waals surface area contributed by atoms with E-state index in [2.05, 4.69) is 5.32 Å². The molecular formula is C37H40Cl3N3O7S. The molecule has 4 aromatic carbocycles. The minimum atomic E-state index is -4.54. The summed E-state index contributed by atoms with van der Waals surface area (Å²) in [6.07, 6.45) is 0.114. The second kappa shape index (κ2) is 16.9. The number of carbonyl (C=O) groups is 2. The van der Waals surface area contributed by atoms with Crippen LogP contribution >= 0.6 is 34.8 Å². The van der Waals surface area contributed by atoms with Gasteiger partial charge in [0, 0.05) is 39.6 Å². The molecule has 51 heavy (non-hydrogen) atoms. The smallest absolute Gasteiger partial charge is 0.265 e. The first-order valence-electron chi connectivity index (χ1n) is 15.8. The molecule has 0 aromatic heterocycles. The molecule has 1 atom stereocenters. The van der Waals surface area contributed by atoms with E-state index in [9.17, 15) is 18.0 Å². The molecule has 4 rings (SSSR count). The number of halogens is 3. The van der Waals surface area contributed by atoms with Crippen molar-refractivity contribution in [2.45, 2.75) is 50.2 Å². The minimum Gasteiger partial charge on any atom is -0.495 e. The predicted molar refractivity (Wildman–Crippen MR) is 201 cm³/mol. The third-order valence-corrected chi connectivity index (χ3v) is 10.3. The molecular weight excluding hydrogens is 737 g/mol. The van der Waals surface area contributed by atoms with E-state index in [-0.39, 0.29) is 45.1 Å². The van der Waals surface area contributed by atoms with Crippen molar-refractivity contribution < 1.29 is 32.2 Å². The molecule has 0 aliphatic carbocycles. The molecule has 0 aliphatic heterocycles. The third-order valence-electron chi connectivity index (χ3n) is 7.76. The van der Waals surface area contributed by atoms with Gasteiger partial charge in [0.25, 0.3) is 10.0 Å². The van der Waals surface area contributed by atoms with Crippen LogP contribution in [0.3, 0.4) is 0 Å². The molecule has 1 N–H and O–H groups in total. The monoisotopic (exact) mass is 775 g/mol. The maximum absolute atomic E-state index is 14.8. The van der Waals surface area contributed by atoms with Crippen molar-refractivity contribution in [2.75, 3.05) is 32.2 Å². The van der Waals surface area contributed by atoms with Gasteiger partial charge in [0.05, 0.1) is 31.9 Å². The summed E-state index contributed by atoms with van der Waals surface area (Å²) in [6, 6.07) is 21.4. The van der Waals surface area contributed by atoms with Gasteiger partial charge < -0.3 is 24.4 Å². The molecule has 0 saturated carbocycles. The van der Waals surface area contributed by atoms with Crippen molar-refractivity contribution in [3.05, 3.63) is 111 Å². The van der Waals surface area contributed by atoms with E-state index in [0.717, 1.165) is 9.87 Å². The second-order valence-corrected chi connectivity index (χ2v) is 15.7. The van der Waals surface area contributed by atoms with Crippen LogP contribution in [0.1, 0.15) is 31.9 Å². The Balaban J connectivity index is 1.92. The zero-order valence-electron chi connectivity index (χ0n) is 29.1. The van der Waals surface area contributed by atoms with Crippen LogP contribution in [0.4, 0.5) is 5.69 Å². The van der Waals surface area contributed by atoms with Gasteiger partial charge in [-0.2, -0.15) is 0 Å². The van der Waals surface area contributed by atoms with Gasteiger partial charge in [-0.3, -0.25) is 13.9 Å². The van der Waals surface area contributed by atoms with E-state index in [1.165, 1.54) is 68.7 Å². The van der Waals surface area contributed by atoms with E-state index in [4.69, 9.17) is 49.0 Å². The van der Waals surface area contributed by atoms with E-state index < -0.39 is 40.0 Å². The number of nitrogens with one attached hydrogen (secondary N) is 1. The highest BCUT2D eigenvalue weighted by atomic mass is 35.5. The van der Waals surface area contributed by atoms with Crippen LogP contribution in [-0.4, -0.2) is 64.6 Å². The van der Waals surface area contributed by atoms with E-state index in [0.29, 0.717) is 16.3 Å². The molecule has 0 heterocycles. The maximum Gasteiger partial charge on any atom is 0.265 e. The largest absolute Gasteiger partial charge is 0.495 e. The van der Waals surface area contributed by atoms with Crippen molar-refractivity contribution in [1.29, 1.82) is 0 Å². The van der Waals surface area contributed by atoms with Gasteiger partial charge in [0.2, 0.25) is 11.8 Å². The van der Waals surface area contributed by atoms with Crippen LogP contribution in [0, 0.1) is 0 Å². The molecule has 2 amide bonds. The number of amides is 2. The molecule has 0 saturated heterocycles. The fraction of sp³-hybridized carbons (Fsp3) is 0.297. The van der Waals surface area contributed by atoms with Crippen LogP contribution in [-0.2, 0) is 32.6 Å². The summed E-state index contributed by atoms with van der Waals surface area (Å²) < 4.78 is 46.4. The summed E-state index contributed by atoms with van der Waals surface area (Å²) in [7, 11) is -0.363. The van der Waals surface area contributed by atoms with Gasteiger partial charge in [-0.25, -0.2) is 8.42 Å². The molecule has 0 bridgehead atoms. The minimum absolute atomic E-state index is 0.00337. The van der Waals surface area contributed by atoms with Crippen molar-refractivity contribution in [2.24, 2.45) is 0 Å². The fourth-order valence-corrected chi connectivity index (χ4v) is 7.38. The third kappa shape index (κ3) is 10.0. The lowest BCUT2D eigenvalue weighted by atomic mass is 10.0. The molecule has 1 unspecified atom stereocenters. The summed E-state index contributed by atoms with van der Waals surface area (Å²) in [5.74, 6) is -0.561. The zero-order chi connectivity index (χ0) is 37.5. The van der Waals surface area contributed by atoms with Gasteiger partial charge in [0.1, 0.15) is 18.3 Å². The number of rotatable bonds is 14. The molecule has 0 radical (unpaired) electrons. The molecule has 4 aromatic rings. The summed E-state index contributed by atoms with van der Waals surface area (Å²) >= 11 is 19.2. The predicted octanol–water partition coefficient (Wildman–Crippen LogP) is 7.42. The van der Waals surface area contributed by atoms with Gasteiger partial charge in [0.15, 0.2) is 11.5 Å². The lowest BCUT2D eigenvalue weighted by Gasteiger charge is -2.35. The Labute approximate surface area is 314 Å². The van der Waals surface area contributed by atoms with Crippen LogP contribution < -0.4 is 23.8 Å². The van der Waals surface area contributed by atoms with Gasteiger partial charge in [-0.1, -0.05) is 71.2 Å². The SMILES string of the molecule is COc1ccc(S(=O)(=O)N(CC(=O)N(Cc2ccc(Cl)cc2Cl)C(Cc2ccccc2)C(=O)NC(C)(C)C)c2cc(Cl)ccc2OC)cc1OC. The number of benzene rings is 4. The molecule has 0 fully saturated rings. The van der Waals surface area contributed by atoms with Crippen LogP contribution in [0.15, 0.2) is 89.8 Å². The highest BCUT2D eigenvalue weighted by Crippen LogP contribution is 2.37. The maximum atomic E-state index is 14.8. The number of carbonyl (C=O) groups excluding carboxylic acids is 2. The molecule has 272 valence electrons. The zero-order valence-corrected chi connectivity index (χ0v) is 32.2. The Morgan fingerprint density at radius 2 is 1.39 bits per heavy atom. The fourth-order valence-electron chi connectivity index (χ4n) is 5.32. The summed E-state index contributed by atoms with van der Waals surface area (Å²) in [4.78, 5) is 30.1. The average Bonchev–Trinajstić information content (AvgIpc) is 3.08. The van der Waals surface area contributed by atoms with E-state index >= 15 is 0 Å². The van der Waals surface area contributed by atoms with Crippen molar-refractivity contribution in [3.63, 3.8) is 0 Å². The normalized spacial score (nSPS) is 12.1. The Morgan fingerprint density at radius 1 is 0.784 bits per heavy atom. The first kappa shape index (κ1) is 39.6. The number of ether oxygens (including phenoxy) is 3. The molecule has 0 spiro atoms. The van der Waals surface area contributed by atoms with Gasteiger partial charge in [-0.05, 0) is 74.4 Å². The quantitative estimate of drug-likeness (QED) is 0.142. The lowest BCUT2D eigenvalue weighted by Crippen LogP contribution is -2.56. The summed E-state index contributed by atoms with van der Waals surface area (Å²) in [5, 5.41) is 3.84. The molecule has 14 heteroatoms. The first-order chi connectivity index (χ1) is 24.1. The number of sulfonamides is 1. The molecule has 10 nitrogen and oxygen atoms in total. The van der Waals surface area contributed by atoms with E-state index in [1.54, 1.807) is 12.1 Å². The van der Waals surface area contributed by atoms with Crippen molar-refractivity contribution in [3.8, 4) is 17.2 Å². The second-order valence-electron chi connectivity index (χ2n) is 12.5. The Bertz CT molecular complexity index is 1970. The number of anilines is 1. The number of hydrogen-bond acceptors (Lipinski definition) is 7. The number of nitrogens with zero attached hydrogens (tertiary/aromatic N) is 2. The average molecular weight is 777 g/mol. The topological polar surface area (TPSA) is 114 Å². The van der Waals surface area contributed by atoms with E-state index in [1.807, 2.05) is 51.1 Å². The van der Waals surface area contributed by atoms with Gasteiger partial charge >= 0.3 is 0 Å². The lowest BCUT2D eigenvalue weighted by molar-refractivity contribution is -0.140. The van der Waals surface area contributed by atoms with Crippen molar-refractivity contribution in [1.82, 2.24) is 10.2 Å². The Kier molecular flexibility index (Phi) is 13.1. The number of methoxy groups -OCH3 is 3. The summed E-state index contributed by atoms with van der Waals surface area (Å²) in [6.45, 7) is 4.58. The molecule has 0 aliphatic rings. The van der Waals surface area contributed by atoms with Crippen LogP contribution in [0.2, 0.25) is 15.1 Å². The van der Waals surface area contributed by atoms with Crippen molar-refractivity contribution >= 4 is 62.3 Å². The standard InChI is InChI=1S/C37H40Cl3N3O7S/c1-37(2,3)41-36(45)31(18-24-10-8-7-9-11-24)42(22-25-12-13-26(38)19-29(25)40)35(44)23-43(30-20-27(39)14-16-32(30)48-4)51(46,47)28-15-17-33(49-5)34(21-28)50-6/h7-17,19-21,31H,18,22-23H2,1-6H3,(H,41,45).